The summed E-state index contributed by atoms with van der Waals surface area (Å²) in [5, 5.41) is 10.1. The molecule has 0 aromatic carbocycles. The summed E-state index contributed by atoms with van der Waals surface area (Å²) >= 11 is 1.65. The number of nitrogens with two attached hydrogens (primary N) is 1. The first-order chi connectivity index (χ1) is 8.26. The first-order valence-corrected chi connectivity index (χ1v) is 6.02. The summed E-state index contributed by atoms with van der Waals surface area (Å²) in [6, 6.07) is 5.56. The second kappa shape index (κ2) is 5.22. The van der Waals surface area contributed by atoms with E-state index in [-0.39, 0.29) is 6.04 Å². The Labute approximate surface area is 104 Å². The fraction of sp³-hybridized carbons (Fsp3) is 0.273. The van der Waals surface area contributed by atoms with Gasteiger partial charge >= 0.3 is 0 Å². The molecular formula is C11H14N4OS. The van der Waals surface area contributed by atoms with E-state index in [4.69, 9.17) is 10.6 Å². The lowest BCUT2D eigenvalue weighted by molar-refractivity contribution is 0.390. The van der Waals surface area contributed by atoms with Crippen molar-refractivity contribution in [3.05, 3.63) is 39.7 Å². The zero-order valence-electron chi connectivity index (χ0n) is 9.68. The Morgan fingerprint density at radius 1 is 1.35 bits per heavy atom. The van der Waals surface area contributed by atoms with Crippen molar-refractivity contribution in [2.75, 3.05) is 7.11 Å². The molecule has 0 radical (unpaired) electrons. The highest BCUT2D eigenvalue weighted by Gasteiger charge is 2.17. The maximum atomic E-state index is 5.59. The Kier molecular flexibility index (Phi) is 3.68. The molecule has 0 aliphatic carbocycles. The summed E-state index contributed by atoms with van der Waals surface area (Å²) in [6.45, 7) is 2.05. The quantitative estimate of drug-likeness (QED) is 0.634. The highest BCUT2D eigenvalue weighted by molar-refractivity contribution is 7.10. The molecule has 1 unspecified atom stereocenters. The fourth-order valence-electron chi connectivity index (χ4n) is 1.57. The van der Waals surface area contributed by atoms with Crippen LogP contribution in [0.25, 0.3) is 0 Å². The van der Waals surface area contributed by atoms with Crippen molar-refractivity contribution >= 4 is 11.3 Å². The SMILES string of the molecule is COc1ccc(C(NN)c2sccc2C)nn1. The maximum absolute atomic E-state index is 5.59. The Bertz CT molecular complexity index is 482. The maximum Gasteiger partial charge on any atom is 0.233 e. The summed E-state index contributed by atoms with van der Waals surface area (Å²) in [5.74, 6) is 6.09. The number of thiophene rings is 1. The summed E-state index contributed by atoms with van der Waals surface area (Å²) in [7, 11) is 1.56. The second-order valence-corrected chi connectivity index (χ2v) is 4.52. The van der Waals surface area contributed by atoms with Crippen molar-refractivity contribution < 1.29 is 4.74 Å². The Morgan fingerprint density at radius 3 is 2.65 bits per heavy atom. The highest BCUT2D eigenvalue weighted by Crippen LogP contribution is 2.27. The summed E-state index contributed by atoms with van der Waals surface area (Å²) < 4.78 is 4.97. The van der Waals surface area contributed by atoms with Crippen molar-refractivity contribution in [2.45, 2.75) is 13.0 Å². The van der Waals surface area contributed by atoms with E-state index in [1.54, 1.807) is 24.5 Å². The van der Waals surface area contributed by atoms with E-state index < -0.39 is 0 Å². The average molecular weight is 250 g/mol. The third kappa shape index (κ3) is 2.44. The molecule has 0 saturated heterocycles. The summed E-state index contributed by atoms with van der Waals surface area (Å²) in [6.07, 6.45) is 0. The number of nitrogens with zero attached hydrogens (tertiary/aromatic N) is 2. The molecule has 6 heteroatoms. The minimum atomic E-state index is -0.131. The van der Waals surface area contributed by atoms with Crippen LogP contribution in [0.4, 0.5) is 0 Å². The number of nitrogens with one attached hydrogen (secondary N) is 1. The van der Waals surface area contributed by atoms with Gasteiger partial charge < -0.3 is 4.74 Å². The topological polar surface area (TPSA) is 73.1 Å². The predicted molar refractivity (Wildman–Crippen MR) is 66.8 cm³/mol. The van der Waals surface area contributed by atoms with E-state index in [2.05, 4.69) is 21.7 Å². The van der Waals surface area contributed by atoms with Crippen molar-refractivity contribution in [1.29, 1.82) is 0 Å². The van der Waals surface area contributed by atoms with Gasteiger partial charge in [-0.2, -0.15) is 0 Å². The zero-order chi connectivity index (χ0) is 12.3. The van der Waals surface area contributed by atoms with Crippen LogP contribution in [0.2, 0.25) is 0 Å². The fourth-order valence-corrected chi connectivity index (χ4v) is 2.57. The molecule has 5 nitrogen and oxygen atoms in total. The van der Waals surface area contributed by atoms with E-state index >= 15 is 0 Å². The van der Waals surface area contributed by atoms with Gasteiger partial charge in [-0.1, -0.05) is 0 Å². The lowest BCUT2D eigenvalue weighted by Gasteiger charge is -2.14. The van der Waals surface area contributed by atoms with Crippen LogP contribution in [0.15, 0.2) is 23.6 Å². The molecule has 2 rings (SSSR count). The molecule has 17 heavy (non-hydrogen) atoms. The second-order valence-electron chi connectivity index (χ2n) is 3.57. The van der Waals surface area contributed by atoms with Crippen molar-refractivity contribution in [1.82, 2.24) is 15.6 Å². The van der Waals surface area contributed by atoms with Crippen molar-refractivity contribution in [3.8, 4) is 5.88 Å². The lowest BCUT2D eigenvalue weighted by Crippen LogP contribution is -2.29. The van der Waals surface area contributed by atoms with Crippen LogP contribution >= 0.6 is 11.3 Å². The minimum absolute atomic E-state index is 0.131. The number of hydrogen-bond donors (Lipinski definition) is 2. The number of ether oxygens (including phenoxy) is 1. The van der Waals surface area contributed by atoms with Crippen LogP contribution in [0.3, 0.4) is 0 Å². The van der Waals surface area contributed by atoms with E-state index in [1.165, 1.54) is 5.56 Å². The molecule has 0 spiro atoms. The molecule has 2 aromatic rings. The third-order valence-electron chi connectivity index (χ3n) is 2.50. The molecule has 0 amide bonds. The molecule has 1 atom stereocenters. The minimum Gasteiger partial charge on any atom is -0.480 e. The summed E-state index contributed by atoms with van der Waals surface area (Å²) in [4.78, 5) is 1.15. The number of aromatic nitrogens is 2. The Balaban J connectivity index is 2.32. The molecule has 0 aliphatic heterocycles. The molecule has 0 saturated carbocycles. The largest absolute Gasteiger partial charge is 0.480 e. The van der Waals surface area contributed by atoms with E-state index in [0.29, 0.717) is 5.88 Å². The molecular weight excluding hydrogens is 236 g/mol. The van der Waals surface area contributed by atoms with Gasteiger partial charge in [0.2, 0.25) is 5.88 Å². The van der Waals surface area contributed by atoms with Crippen molar-refractivity contribution in [2.24, 2.45) is 5.84 Å². The van der Waals surface area contributed by atoms with Gasteiger partial charge in [0.25, 0.3) is 0 Å². The van der Waals surface area contributed by atoms with E-state index in [9.17, 15) is 0 Å². The number of rotatable bonds is 4. The van der Waals surface area contributed by atoms with Gasteiger partial charge in [-0.25, -0.2) is 5.43 Å². The smallest absolute Gasteiger partial charge is 0.233 e. The van der Waals surface area contributed by atoms with E-state index in [1.807, 2.05) is 18.4 Å². The lowest BCUT2D eigenvalue weighted by atomic mass is 10.1. The van der Waals surface area contributed by atoms with E-state index in [0.717, 1.165) is 10.6 Å². The molecule has 2 heterocycles. The number of methoxy groups -OCH3 is 1. The van der Waals surface area contributed by atoms with Gasteiger partial charge in [0.15, 0.2) is 0 Å². The van der Waals surface area contributed by atoms with Gasteiger partial charge in [0.05, 0.1) is 18.8 Å². The van der Waals surface area contributed by atoms with Gasteiger partial charge in [-0.3, -0.25) is 5.84 Å². The van der Waals surface area contributed by atoms with Crippen LogP contribution in [0, 0.1) is 6.92 Å². The Hall–Kier alpha value is -1.50. The van der Waals surface area contributed by atoms with Crippen LogP contribution in [0.5, 0.6) is 5.88 Å². The molecule has 0 aliphatic rings. The average Bonchev–Trinajstić information content (AvgIpc) is 2.78. The van der Waals surface area contributed by atoms with Crippen molar-refractivity contribution in [3.63, 3.8) is 0 Å². The monoisotopic (exact) mass is 250 g/mol. The van der Waals surface area contributed by atoms with Gasteiger partial charge in [0, 0.05) is 10.9 Å². The van der Waals surface area contributed by atoms with Crippen LogP contribution < -0.4 is 16.0 Å². The standard InChI is InChI=1S/C11H14N4OS/c1-7-5-6-17-11(7)10(13-12)8-3-4-9(16-2)15-14-8/h3-6,10,13H,12H2,1-2H3. The molecule has 0 bridgehead atoms. The highest BCUT2D eigenvalue weighted by atomic mass is 32.1. The number of aryl methyl sites for hydroxylation is 1. The zero-order valence-corrected chi connectivity index (χ0v) is 10.5. The molecule has 3 N–H and O–H groups in total. The number of hydrogen-bond acceptors (Lipinski definition) is 6. The van der Waals surface area contributed by atoms with Gasteiger partial charge in [-0.15, -0.1) is 21.5 Å². The Morgan fingerprint density at radius 2 is 2.18 bits per heavy atom. The molecule has 90 valence electrons. The van der Waals surface area contributed by atoms with Crippen LogP contribution in [0.1, 0.15) is 22.2 Å². The third-order valence-corrected chi connectivity index (χ3v) is 3.58. The van der Waals surface area contributed by atoms with Gasteiger partial charge in [-0.05, 0) is 30.0 Å². The summed E-state index contributed by atoms with van der Waals surface area (Å²) in [5.41, 5.74) is 4.73. The van der Waals surface area contributed by atoms with Crippen LogP contribution in [-0.4, -0.2) is 17.3 Å². The predicted octanol–water partition coefficient (Wildman–Crippen LogP) is 1.41. The first kappa shape index (κ1) is 12.0. The van der Waals surface area contributed by atoms with Crippen LogP contribution in [-0.2, 0) is 0 Å². The molecule has 0 fully saturated rings. The normalized spacial score (nSPS) is 12.4. The number of hydrazine groups is 1. The first-order valence-electron chi connectivity index (χ1n) is 5.14. The van der Waals surface area contributed by atoms with Gasteiger partial charge in [0.1, 0.15) is 0 Å². The molecule has 2 aromatic heterocycles.